The lowest BCUT2D eigenvalue weighted by atomic mass is 9.91. The van der Waals surface area contributed by atoms with E-state index >= 15 is 0 Å². The Hall–Kier alpha value is -2.83. The van der Waals surface area contributed by atoms with Gasteiger partial charge in [-0.15, -0.1) is 0 Å². The maximum atomic E-state index is 11.9. The van der Waals surface area contributed by atoms with E-state index in [0.29, 0.717) is 6.04 Å². The quantitative estimate of drug-likeness (QED) is 0.791. The molecule has 1 fully saturated rings. The van der Waals surface area contributed by atoms with Crippen LogP contribution in [0, 0.1) is 6.92 Å². The van der Waals surface area contributed by atoms with Crippen LogP contribution in [-0.2, 0) is 0 Å². The van der Waals surface area contributed by atoms with E-state index in [4.69, 9.17) is 0 Å². The molecule has 1 saturated carbocycles. The highest BCUT2D eigenvalue weighted by Gasteiger charge is 2.24. The fourth-order valence-corrected chi connectivity index (χ4v) is 3.51. The lowest BCUT2D eigenvalue weighted by molar-refractivity contribution is 0.303. The van der Waals surface area contributed by atoms with Crippen molar-refractivity contribution in [3.63, 3.8) is 0 Å². The SMILES string of the molecule is Cc1nc(NC2CCC(n3ncccc3=O)CC2)c2ccncc2n1. The van der Waals surface area contributed by atoms with Crippen molar-refractivity contribution in [1.29, 1.82) is 0 Å². The minimum atomic E-state index is -0.0242. The van der Waals surface area contributed by atoms with Gasteiger partial charge < -0.3 is 5.32 Å². The standard InChI is InChI=1S/C18H20N6O/c1-12-21-16-11-19-10-8-15(16)18(22-12)23-13-4-6-14(7-5-13)24-17(25)3-2-9-20-24/h2-3,8-11,13-14H,4-7H2,1H3,(H,21,22,23). The molecule has 0 atom stereocenters. The highest BCUT2D eigenvalue weighted by Crippen LogP contribution is 2.30. The number of hydrogen-bond acceptors (Lipinski definition) is 6. The molecule has 3 aromatic heterocycles. The molecule has 1 N–H and O–H groups in total. The van der Waals surface area contributed by atoms with Crippen molar-refractivity contribution in [2.75, 3.05) is 5.32 Å². The van der Waals surface area contributed by atoms with Crippen LogP contribution in [0.4, 0.5) is 5.82 Å². The number of rotatable bonds is 3. The molecular weight excluding hydrogens is 316 g/mol. The largest absolute Gasteiger partial charge is 0.367 e. The zero-order chi connectivity index (χ0) is 17.2. The molecule has 0 aromatic carbocycles. The lowest BCUT2D eigenvalue weighted by Gasteiger charge is -2.30. The molecule has 0 bridgehead atoms. The van der Waals surface area contributed by atoms with Crippen LogP contribution in [0.15, 0.2) is 41.6 Å². The molecular formula is C18H20N6O. The van der Waals surface area contributed by atoms with Crippen LogP contribution in [0.3, 0.4) is 0 Å². The van der Waals surface area contributed by atoms with Crippen molar-refractivity contribution in [3.8, 4) is 0 Å². The Bertz CT molecular complexity index is 945. The summed E-state index contributed by atoms with van der Waals surface area (Å²) >= 11 is 0. The molecule has 0 unspecified atom stereocenters. The molecule has 128 valence electrons. The van der Waals surface area contributed by atoms with E-state index < -0.39 is 0 Å². The molecule has 4 rings (SSSR count). The number of aromatic nitrogens is 5. The van der Waals surface area contributed by atoms with Crippen LogP contribution in [0.25, 0.3) is 10.9 Å². The van der Waals surface area contributed by atoms with Crippen molar-refractivity contribution in [2.45, 2.75) is 44.7 Å². The Morgan fingerprint density at radius 1 is 1.12 bits per heavy atom. The zero-order valence-corrected chi connectivity index (χ0v) is 14.1. The maximum Gasteiger partial charge on any atom is 0.266 e. The van der Waals surface area contributed by atoms with Crippen molar-refractivity contribution < 1.29 is 0 Å². The smallest absolute Gasteiger partial charge is 0.266 e. The molecule has 1 aliphatic rings. The Morgan fingerprint density at radius 3 is 2.76 bits per heavy atom. The highest BCUT2D eigenvalue weighted by molar-refractivity contribution is 5.88. The topological polar surface area (TPSA) is 85.6 Å². The molecule has 0 spiro atoms. The summed E-state index contributed by atoms with van der Waals surface area (Å²) in [6.07, 6.45) is 9.01. The van der Waals surface area contributed by atoms with Crippen LogP contribution < -0.4 is 10.9 Å². The molecule has 0 amide bonds. The summed E-state index contributed by atoms with van der Waals surface area (Å²) in [6.45, 7) is 1.89. The molecule has 0 radical (unpaired) electrons. The van der Waals surface area contributed by atoms with Gasteiger partial charge in [0.2, 0.25) is 0 Å². The Balaban J connectivity index is 1.49. The number of pyridine rings is 1. The summed E-state index contributed by atoms with van der Waals surface area (Å²) in [5, 5.41) is 8.77. The van der Waals surface area contributed by atoms with E-state index in [1.54, 1.807) is 35.4 Å². The fraction of sp³-hybridized carbons (Fsp3) is 0.389. The fourth-order valence-electron chi connectivity index (χ4n) is 3.51. The van der Waals surface area contributed by atoms with Gasteiger partial charge in [0.1, 0.15) is 11.6 Å². The summed E-state index contributed by atoms with van der Waals surface area (Å²) in [6, 6.07) is 5.71. The molecule has 0 saturated heterocycles. The van der Waals surface area contributed by atoms with Crippen LogP contribution in [0.1, 0.15) is 37.5 Å². The summed E-state index contributed by atoms with van der Waals surface area (Å²) in [7, 11) is 0. The molecule has 7 heteroatoms. The average molecular weight is 336 g/mol. The van der Waals surface area contributed by atoms with Crippen molar-refractivity contribution >= 4 is 16.7 Å². The van der Waals surface area contributed by atoms with Crippen molar-refractivity contribution in [2.24, 2.45) is 0 Å². The van der Waals surface area contributed by atoms with Crippen molar-refractivity contribution in [1.82, 2.24) is 24.7 Å². The number of nitrogens with zero attached hydrogens (tertiary/aromatic N) is 5. The van der Waals surface area contributed by atoms with E-state index in [0.717, 1.165) is 48.2 Å². The average Bonchev–Trinajstić information content (AvgIpc) is 2.63. The Morgan fingerprint density at radius 2 is 1.96 bits per heavy atom. The predicted octanol–water partition coefficient (Wildman–Crippen LogP) is 2.49. The first kappa shape index (κ1) is 15.7. The van der Waals surface area contributed by atoms with Gasteiger partial charge in [-0.05, 0) is 44.7 Å². The van der Waals surface area contributed by atoms with Gasteiger partial charge in [-0.1, -0.05) is 0 Å². The van der Waals surface area contributed by atoms with Gasteiger partial charge in [-0.3, -0.25) is 9.78 Å². The first-order valence-electron chi connectivity index (χ1n) is 8.59. The molecule has 1 aliphatic carbocycles. The van der Waals surface area contributed by atoms with Crippen LogP contribution >= 0.6 is 0 Å². The number of nitrogens with one attached hydrogen (secondary N) is 1. The second kappa shape index (κ2) is 6.58. The molecule has 3 heterocycles. The van der Waals surface area contributed by atoms with Gasteiger partial charge in [-0.2, -0.15) is 5.10 Å². The Kier molecular flexibility index (Phi) is 4.13. The first-order valence-corrected chi connectivity index (χ1v) is 8.59. The molecule has 7 nitrogen and oxygen atoms in total. The molecule has 25 heavy (non-hydrogen) atoms. The first-order chi connectivity index (χ1) is 12.2. The predicted molar refractivity (Wildman–Crippen MR) is 95.5 cm³/mol. The van der Waals surface area contributed by atoms with Gasteiger partial charge in [0.25, 0.3) is 5.56 Å². The minimum Gasteiger partial charge on any atom is -0.367 e. The third kappa shape index (κ3) is 3.22. The summed E-state index contributed by atoms with van der Waals surface area (Å²) < 4.78 is 1.62. The van der Waals surface area contributed by atoms with Crippen LogP contribution in [0.5, 0.6) is 0 Å². The number of aryl methyl sites for hydroxylation is 1. The minimum absolute atomic E-state index is 0.0242. The monoisotopic (exact) mass is 336 g/mol. The second-order valence-electron chi connectivity index (χ2n) is 6.47. The molecule has 0 aliphatic heterocycles. The third-order valence-electron chi connectivity index (χ3n) is 4.74. The van der Waals surface area contributed by atoms with Crippen LogP contribution in [-0.4, -0.2) is 30.8 Å². The van der Waals surface area contributed by atoms with Gasteiger partial charge in [0.15, 0.2) is 0 Å². The zero-order valence-electron chi connectivity index (χ0n) is 14.1. The third-order valence-corrected chi connectivity index (χ3v) is 4.74. The van der Waals surface area contributed by atoms with Crippen LogP contribution in [0.2, 0.25) is 0 Å². The van der Waals surface area contributed by atoms with E-state index in [1.165, 1.54) is 0 Å². The van der Waals surface area contributed by atoms with Gasteiger partial charge in [0, 0.05) is 29.9 Å². The maximum absolute atomic E-state index is 11.9. The number of fused-ring (bicyclic) bond motifs is 1. The van der Waals surface area contributed by atoms with Crippen molar-refractivity contribution in [3.05, 3.63) is 53.0 Å². The highest BCUT2D eigenvalue weighted by atomic mass is 16.1. The Labute approximate surface area is 145 Å². The summed E-state index contributed by atoms with van der Waals surface area (Å²) in [5.74, 6) is 1.60. The van der Waals surface area contributed by atoms with E-state index in [1.807, 2.05) is 13.0 Å². The van der Waals surface area contributed by atoms with Gasteiger partial charge in [0.05, 0.1) is 17.8 Å². The van der Waals surface area contributed by atoms with Gasteiger partial charge >= 0.3 is 0 Å². The number of hydrogen-bond donors (Lipinski definition) is 1. The summed E-state index contributed by atoms with van der Waals surface area (Å²) in [4.78, 5) is 25.1. The van der Waals surface area contributed by atoms with E-state index in [-0.39, 0.29) is 11.6 Å². The van der Waals surface area contributed by atoms with E-state index in [9.17, 15) is 4.79 Å². The van der Waals surface area contributed by atoms with E-state index in [2.05, 4.69) is 25.4 Å². The number of anilines is 1. The second-order valence-corrected chi connectivity index (χ2v) is 6.47. The summed E-state index contributed by atoms with van der Waals surface area (Å²) in [5.41, 5.74) is 0.829. The van der Waals surface area contributed by atoms with Gasteiger partial charge in [-0.25, -0.2) is 14.6 Å². The normalized spacial score (nSPS) is 20.5. The lowest BCUT2D eigenvalue weighted by Crippen LogP contribution is -2.33. The molecule has 3 aromatic rings.